The Bertz CT molecular complexity index is 612. The van der Waals surface area contributed by atoms with E-state index in [1.165, 1.54) is 44.0 Å². The minimum absolute atomic E-state index is 0.417. The minimum atomic E-state index is 0.417. The van der Waals surface area contributed by atoms with Crippen LogP contribution in [0.5, 0.6) is 0 Å². The van der Waals surface area contributed by atoms with Crippen LogP contribution in [0.15, 0.2) is 42.2 Å². The van der Waals surface area contributed by atoms with Gasteiger partial charge >= 0.3 is 0 Å². The maximum atomic E-state index is 4.50. The number of hydrogen-bond acceptors (Lipinski definition) is 2. The van der Waals surface area contributed by atoms with Crippen molar-refractivity contribution >= 4 is 11.0 Å². The molecule has 0 spiro atoms. The molecule has 0 fully saturated rings. The van der Waals surface area contributed by atoms with Gasteiger partial charge in [0.1, 0.15) is 0 Å². The van der Waals surface area contributed by atoms with Crippen molar-refractivity contribution < 1.29 is 0 Å². The molecule has 0 amide bonds. The van der Waals surface area contributed by atoms with Crippen molar-refractivity contribution in [3.8, 4) is 0 Å². The van der Waals surface area contributed by atoms with Gasteiger partial charge in [0, 0.05) is 12.6 Å². The molecule has 0 saturated carbocycles. The molecular formula is C18H25N3. The highest BCUT2D eigenvalue weighted by atomic mass is 15.1. The first kappa shape index (κ1) is 14.3. The van der Waals surface area contributed by atoms with Gasteiger partial charge < -0.3 is 9.88 Å². The highest BCUT2D eigenvalue weighted by Gasteiger charge is 2.15. The number of imidazole rings is 1. The van der Waals surface area contributed by atoms with Gasteiger partial charge in [-0.1, -0.05) is 36.6 Å². The SMILES string of the molecule is CNC(Cn1cnc2ccccc21)/C1=C/CCCCCC1. The molecule has 0 radical (unpaired) electrons. The summed E-state index contributed by atoms with van der Waals surface area (Å²) >= 11 is 0. The van der Waals surface area contributed by atoms with Gasteiger partial charge in [0.15, 0.2) is 0 Å². The number of benzene rings is 1. The highest BCUT2D eigenvalue weighted by molar-refractivity contribution is 5.74. The number of nitrogens with zero attached hydrogens (tertiary/aromatic N) is 2. The second kappa shape index (κ2) is 6.90. The Morgan fingerprint density at radius 2 is 2.05 bits per heavy atom. The smallest absolute Gasteiger partial charge is 0.0958 e. The maximum absolute atomic E-state index is 4.50. The Hall–Kier alpha value is -1.61. The summed E-state index contributed by atoms with van der Waals surface area (Å²) in [6.45, 7) is 0.961. The summed E-state index contributed by atoms with van der Waals surface area (Å²) in [7, 11) is 2.07. The van der Waals surface area contributed by atoms with Crippen LogP contribution in [-0.2, 0) is 6.54 Å². The molecule has 2 aromatic rings. The van der Waals surface area contributed by atoms with Crippen LogP contribution in [0.4, 0.5) is 0 Å². The van der Waals surface area contributed by atoms with E-state index in [9.17, 15) is 0 Å². The first-order valence-electron chi connectivity index (χ1n) is 8.14. The van der Waals surface area contributed by atoms with Crippen molar-refractivity contribution in [2.45, 2.75) is 51.1 Å². The lowest BCUT2D eigenvalue weighted by molar-refractivity contribution is 0.507. The van der Waals surface area contributed by atoms with E-state index in [1.54, 1.807) is 5.57 Å². The van der Waals surface area contributed by atoms with Crippen LogP contribution >= 0.6 is 0 Å². The lowest BCUT2D eigenvalue weighted by Gasteiger charge is -2.22. The molecule has 0 bridgehead atoms. The van der Waals surface area contributed by atoms with Crippen LogP contribution in [0.25, 0.3) is 11.0 Å². The van der Waals surface area contributed by atoms with Gasteiger partial charge in [0.25, 0.3) is 0 Å². The van der Waals surface area contributed by atoms with Gasteiger partial charge in [-0.25, -0.2) is 4.98 Å². The third kappa shape index (κ3) is 3.35. The van der Waals surface area contributed by atoms with Crippen molar-refractivity contribution in [1.82, 2.24) is 14.9 Å². The van der Waals surface area contributed by atoms with Crippen LogP contribution < -0.4 is 5.32 Å². The van der Waals surface area contributed by atoms with E-state index in [2.05, 4.69) is 46.2 Å². The Kier molecular flexibility index (Phi) is 4.71. The van der Waals surface area contributed by atoms with E-state index >= 15 is 0 Å². The molecule has 1 atom stereocenters. The quantitative estimate of drug-likeness (QED) is 0.862. The second-order valence-electron chi connectivity index (χ2n) is 5.96. The van der Waals surface area contributed by atoms with Gasteiger partial charge in [0.2, 0.25) is 0 Å². The van der Waals surface area contributed by atoms with E-state index in [-0.39, 0.29) is 0 Å². The Morgan fingerprint density at radius 3 is 2.95 bits per heavy atom. The molecule has 1 aromatic heterocycles. The number of nitrogens with one attached hydrogen (secondary N) is 1. The average Bonchev–Trinajstić information content (AvgIpc) is 2.88. The summed E-state index contributed by atoms with van der Waals surface area (Å²) in [5.41, 5.74) is 3.89. The monoisotopic (exact) mass is 283 g/mol. The van der Waals surface area contributed by atoms with Crippen molar-refractivity contribution in [1.29, 1.82) is 0 Å². The van der Waals surface area contributed by atoms with E-state index in [1.807, 2.05) is 12.4 Å². The van der Waals surface area contributed by atoms with E-state index in [0.717, 1.165) is 12.1 Å². The third-order valence-corrected chi connectivity index (χ3v) is 4.53. The molecule has 21 heavy (non-hydrogen) atoms. The van der Waals surface area contributed by atoms with Crippen molar-refractivity contribution in [3.63, 3.8) is 0 Å². The largest absolute Gasteiger partial charge is 0.329 e. The number of aromatic nitrogens is 2. The summed E-state index contributed by atoms with van der Waals surface area (Å²) in [5.74, 6) is 0. The Morgan fingerprint density at radius 1 is 1.19 bits per heavy atom. The fraction of sp³-hybridized carbons (Fsp3) is 0.500. The third-order valence-electron chi connectivity index (χ3n) is 4.53. The molecule has 3 heteroatoms. The van der Waals surface area contributed by atoms with E-state index in [4.69, 9.17) is 0 Å². The molecule has 1 unspecified atom stereocenters. The average molecular weight is 283 g/mol. The lowest BCUT2D eigenvalue weighted by Crippen LogP contribution is -2.32. The molecular weight excluding hydrogens is 258 g/mol. The number of allylic oxidation sites excluding steroid dienone is 1. The zero-order valence-corrected chi connectivity index (χ0v) is 12.9. The molecule has 1 aliphatic carbocycles. The van der Waals surface area contributed by atoms with Crippen molar-refractivity contribution in [2.24, 2.45) is 0 Å². The molecule has 3 nitrogen and oxygen atoms in total. The van der Waals surface area contributed by atoms with Gasteiger partial charge in [-0.15, -0.1) is 0 Å². The second-order valence-corrected chi connectivity index (χ2v) is 5.96. The maximum Gasteiger partial charge on any atom is 0.0958 e. The zero-order valence-electron chi connectivity index (χ0n) is 12.9. The van der Waals surface area contributed by atoms with Crippen molar-refractivity contribution in [2.75, 3.05) is 7.05 Å². The lowest BCUT2D eigenvalue weighted by atomic mass is 9.95. The number of fused-ring (bicyclic) bond motifs is 1. The topological polar surface area (TPSA) is 29.9 Å². The first-order chi connectivity index (χ1) is 10.4. The van der Waals surface area contributed by atoms with Crippen LogP contribution in [0.3, 0.4) is 0 Å². The molecule has 1 aliphatic rings. The summed E-state index contributed by atoms with van der Waals surface area (Å²) < 4.78 is 2.27. The standard InChI is InChI=1S/C18H25N3/c1-19-17(15-9-5-3-2-4-6-10-15)13-21-14-20-16-11-7-8-12-18(16)21/h7-9,11-12,14,17,19H,2-6,10,13H2,1H3/b15-9+. The molecule has 0 aliphatic heterocycles. The molecule has 1 heterocycles. The summed E-state index contributed by atoms with van der Waals surface area (Å²) in [5, 5.41) is 3.51. The summed E-state index contributed by atoms with van der Waals surface area (Å²) in [6.07, 6.45) is 12.3. The molecule has 3 rings (SSSR count). The predicted octanol–water partition coefficient (Wildman–Crippen LogP) is 3.90. The molecule has 112 valence electrons. The molecule has 1 aromatic carbocycles. The Balaban J connectivity index is 1.80. The Labute approximate surface area is 127 Å². The van der Waals surface area contributed by atoms with Crippen LogP contribution in [-0.4, -0.2) is 22.6 Å². The van der Waals surface area contributed by atoms with Crippen molar-refractivity contribution in [3.05, 3.63) is 42.2 Å². The van der Waals surface area contributed by atoms with Crippen LogP contribution in [0, 0.1) is 0 Å². The predicted molar refractivity (Wildman–Crippen MR) is 88.4 cm³/mol. The summed E-state index contributed by atoms with van der Waals surface area (Å²) in [4.78, 5) is 4.50. The first-order valence-corrected chi connectivity index (χ1v) is 8.14. The molecule has 1 N–H and O–H groups in total. The number of rotatable bonds is 4. The fourth-order valence-corrected chi connectivity index (χ4v) is 3.28. The minimum Gasteiger partial charge on any atom is -0.329 e. The van der Waals surface area contributed by atoms with Gasteiger partial charge in [0.05, 0.1) is 17.4 Å². The van der Waals surface area contributed by atoms with Crippen LogP contribution in [0.2, 0.25) is 0 Å². The van der Waals surface area contributed by atoms with Crippen LogP contribution in [0.1, 0.15) is 38.5 Å². The van der Waals surface area contributed by atoms with Gasteiger partial charge in [-0.3, -0.25) is 0 Å². The van der Waals surface area contributed by atoms with Gasteiger partial charge in [-0.05, 0) is 44.9 Å². The van der Waals surface area contributed by atoms with E-state index in [0.29, 0.717) is 6.04 Å². The van der Waals surface area contributed by atoms with E-state index < -0.39 is 0 Å². The normalized spacial score (nSPS) is 20.5. The zero-order chi connectivity index (χ0) is 14.5. The molecule has 0 saturated heterocycles. The number of para-hydroxylation sites is 2. The highest BCUT2D eigenvalue weighted by Crippen LogP contribution is 2.21. The number of likely N-dealkylation sites (N-methyl/N-ethyl adjacent to an activating group) is 1. The summed E-state index contributed by atoms with van der Waals surface area (Å²) in [6, 6.07) is 8.79. The number of hydrogen-bond donors (Lipinski definition) is 1. The van der Waals surface area contributed by atoms with Gasteiger partial charge in [-0.2, -0.15) is 0 Å². The fourth-order valence-electron chi connectivity index (χ4n) is 3.28.